The number of carbonyl (C=O) groups is 2. The molecule has 8 heteroatoms. The van der Waals surface area contributed by atoms with Crippen molar-refractivity contribution < 1.29 is 27.9 Å². The van der Waals surface area contributed by atoms with Crippen LogP contribution in [0.4, 0.5) is 13.2 Å². The number of alkyl halides is 3. The summed E-state index contributed by atoms with van der Waals surface area (Å²) in [5, 5.41) is 11.3. The lowest BCUT2D eigenvalue weighted by Crippen LogP contribution is -2.29. The molecule has 0 unspecified atom stereocenters. The van der Waals surface area contributed by atoms with Crippen LogP contribution in [-0.2, 0) is 11.3 Å². The number of halogens is 3. The average molecular weight is 292 g/mol. The number of carboxylic acids is 1. The smallest absolute Gasteiger partial charge is 0.389 e. The Morgan fingerprint density at radius 2 is 2.00 bits per heavy atom. The number of aromatic carboxylic acids is 1. The molecule has 0 fully saturated rings. The van der Waals surface area contributed by atoms with E-state index in [4.69, 9.17) is 5.11 Å². The summed E-state index contributed by atoms with van der Waals surface area (Å²) in [5.41, 5.74) is -0.0165. The Labute approximate surface area is 113 Å². The molecule has 2 N–H and O–H groups in total. The highest BCUT2D eigenvalue weighted by atomic mass is 19.4. The number of aromatic nitrogens is 1. The number of rotatable bonds is 7. The summed E-state index contributed by atoms with van der Waals surface area (Å²) in [6.07, 6.45) is -3.42. The molecule has 1 aromatic rings. The SMILES string of the molecule is O=C(Cn1cccc1C(=O)O)NCCCCC(F)(F)F. The van der Waals surface area contributed by atoms with Gasteiger partial charge in [0, 0.05) is 19.2 Å². The average Bonchev–Trinajstić information content (AvgIpc) is 2.75. The maximum atomic E-state index is 11.9. The van der Waals surface area contributed by atoms with Crippen molar-refractivity contribution in [3.8, 4) is 0 Å². The Bertz CT molecular complexity index is 469. The Morgan fingerprint density at radius 1 is 1.30 bits per heavy atom. The summed E-state index contributed by atoms with van der Waals surface area (Å²) in [7, 11) is 0. The molecule has 0 saturated heterocycles. The van der Waals surface area contributed by atoms with Crippen LogP contribution in [0.15, 0.2) is 18.3 Å². The van der Waals surface area contributed by atoms with Crippen molar-refractivity contribution in [2.75, 3.05) is 6.54 Å². The first-order chi connectivity index (χ1) is 9.29. The van der Waals surface area contributed by atoms with E-state index in [1.54, 1.807) is 0 Å². The molecule has 112 valence electrons. The predicted molar refractivity (Wildman–Crippen MR) is 64.3 cm³/mol. The molecule has 0 radical (unpaired) electrons. The van der Waals surface area contributed by atoms with Crippen LogP contribution >= 0.6 is 0 Å². The first-order valence-electron chi connectivity index (χ1n) is 6.01. The van der Waals surface area contributed by atoms with Gasteiger partial charge in [-0.05, 0) is 25.0 Å². The fourth-order valence-corrected chi connectivity index (χ4v) is 1.63. The molecule has 0 saturated carbocycles. The van der Waals surface area contributed by atoms with Crippen molar-refractivity contribution in [2.45, 2.75) is 32.0 Å². The Morgan fingerprint density at radius 3 is 2.60 bits per heavy atom. The lowest BCUT2D eigenvalue weighted by Gasteiger charge is -2.08. The summed E-state index contributed by atoms with van der Waals surface area (Å²) in [6, 6.07) is 2.86. The maximum absolute atomic E-state index is 11.9. The maximum Gasteiger partial charge on any atom is 0.389 e. The summed E-state index contributed by atoms with van der Waals surface area (Å²) in [4.78, 5) is 22.3. The van der Waals surface area contributed by atoms with E-state index >= 15 is 0 Å². The zero-order chi connectivity index (χ0) is 15.2. The highest BCUT2D eigenvalue weighted by Gasteiger charge is 2.25. The van der Waals surface area contributed by atoms with Crippen molar-refractivity contribution in [1.29, 1.82) is 0 Å². The number of carboxylic acid groups (broad SMARTS) is 1. The molecule has 0 spiro atoms. The van der Waals surface area contributed by atoms with E-state index in [0.717, 1.165) is 0 Å². The van der Waals surface area contributed by atoms with Crippen molar-refractivity contribution in [1.82, 2.24) is 9.88 Å². The molecule has 0 atom stereocenters. The molecule has 0 aromatic carbocycles. The van der Waals surface area contributed by atoms with Crippen molar-refractivity contribution in [3.63, 3.8) is 0 Å². The molecular weight excluding hydrogens is 277 g/mol. The van der Waals surface area contributed by atoms with Crippen molar-refractivity contribution >= 4 is 11.9 Å². The lowest BCUT2D eigenvalue weighted by molar-refractivity contribution is -0.135. The van der Waals surface area contributed by atoms with Gasteiger partial charge >= 0.3 is 12.1 Å². The van der Waals surface area contributed by atoms with Crippen LogP contribution < -0.4 is 5.32 Å². The van der Waals surface area contributed by atoms with Crippen LogP contribution in [0, 0.1) is 0 Å². The second kappa shape index (κ2) is 6.97. The molecule has 1 heterocycles. The molecule has 5 nitrogen and oxygen atoms in total. The Hall–Kier alpha value is -1.99. The second-order valence-electron chi connectivity index (χ2n) is 4.25. The molecular formula is C12H15F3N2O3. The highest BCUT2D eigenvalue weighted by molar-refractivity contribution is 5.86. The fourth-order valence-electron chi connectivity index (χ4n) is 1.63. The quantitative estimate of drug-likeness (QED) is 0.755. The monoisotopic (exact) mass is 292 g/mol. The minimum atomic E-state index is -4.18. The third-order valence-electron chi connectivity index (χ3n) is 2.57. The Balaban J connectivity index is 2.27. The lowest BCUT2D eigenvalue weighted by atomic mass is 10.2. The van der Waals surface area contributed by atoms with Gasteiger partial charge in [-0.2, -0.15) is 13.2 Å². The van der Waals surface area contributed by atoms with Crippen LogP contribution in [0.2, 0.25) is 0 Å². The van der Waals surface area contributed by atoms with E-state index in [-0.39, 0.29) is 31.6 Å². The van der Waals surface area contributed by atoms with E-state index in [1.165, 1.54) is 22.9 Å². The van der Waals surface area contributed by atoms with Gasteiger partial charge in [0.1, 0.15) is 12.2 Å². The van der Waals surface area contributed by atoms with Gasteiger partial charge in [-0.25, -0.2) is 4.79 Å². The molecule has 1 aromatic heterocycles. The third-order valence-corrected chi connectivity index (χ3v) is 2.57. The predicted octanol–water partition coefficient (Wildman–Crippen LogP) is 2.04. The van der Waals surface area contributed by atoms with E-state index in [1.807, 2.05) is 0 Å². The molecule has 0 aliphatic rings. The first-order valence-corrected chi connectivity index (χ1v) is 6.01. The van der Waals surface area contributed by atoms with Gasteiger partial charge in [0.15, 0.2) is 0 Å². The number of nitrogens with zero attached hydrogens (tertiary/aromatic N) is 1. The molecule has 0 aliphatic heterocycles. The van der Waals surface area contributed by atoms with Crippen LogP contribution in [0.3, 0.4) is 0 Å². The zero-order valence-electron chi connectivity index (χ0n) is 10.6. The number of amides is 1. The number of hydrogen-bond donors (Lipinski definition) is 2. The fraction of sp³-hybridized carbons (Fsp3) is 0.500. The third kappa shape index (κ3) is 5.77. The van der Waals surface area contributed by atoms with Crippen molar-refractivity contribution in [3.05, 3.63) is 24.0 Å². The van der Waals surface area contributed by atoms with Gasteiger partial charge in [-0.3, -0.25) is 4.79 Å². The van der Waals surface area contributed by atoms with Crippen LogP contribution in [0.1, 0.15) is 29.8 Å². The minimum absolute atomic E-state index is 0.0165. The van der Waals surface area contributed by atoms with Gasteiger partial charge in [-0.1, -0.05) is 0 Å². The second-order valence-corrected chi connectivity index (χ2v) is 4.25. The molecule has 1 amide bonds. The Kier molecular flexibility index (Phi) is 5.60. The van der Waals surface area contributed by atoms with Gasteiger partial charge in [0.2, 0.25) is 5.91 Å². The summed E-state index contributed by atoms with van der Waals surface area (Å²) in [5.74, 6) is -1.58. The number of unbranched alkanes of at least 4 members (excludes halogenated alkanes) is 1. The van der Waals surface area contributed by atoms with E-state index < -0.39 is 24.5 Å². The summed E-state index contributed by atoms with van der Waals surface area (Å²) >= 11 is 0. The molecule has 0 aliphatic carbocycles. The normalized spacial score (nSPS) is 11.3. The van der Waals surface area contributed by atoms with Crippen LogP contribution in [-0.4, -0.2) is 34.3 Å². The largest absolute Gasteiger partial charge is 0.477 e. The number of carbonyl (C=O) groups excluding carboxylic acids is 1. The van der Waals surface area contributed by atoms with Gasteiger partial charge < -0.3 is 15.0 Å². The minimum Gasteiger partial charge on any atom is -0.477 e. The van der Waals surface area contributed by atoms with Gasteiger partial charge in [0.25, 0.3) is 0 Å². The van der Waals surface area contributed by atoms with E-state index in [0.29, 0.717) is 0 Å². The molecule has 1 rings (SSSR count). The topological polar surface area (TPSA) is 71.3 Å². The van der Waals surface area contributed by atoms with Gasteiger partial charge in [-0.15, -0.1) is 0 Å². The van der Waals surface area contributed by atoms with Crippen LogP contribution in [0.25, 0.3) is 0 Å². The summed E-state index contributed by atoms with van der Waals surface area (Å²) in [6.45, 7) is -0.0352. The standard InChI is InChI=1S/C12H15F3N2O3/c13-12(14,15)5-1-2-6-16-10(18)8-17-7-3-4-9(17)11(19)20/h3-4,7H,1-2,5-6,8H2,(H,16,18)(H,19,20). The van der Waals surface area contributed by atoms with E-state index in [9.17, 15) is 22.8 Å². The molecule has 0 bridgehead atoms. The van der Waals surface area contributed by atoms with E-state index in [2.05, 4.69) is 5.32 Å². The van der Waals surface area contributed by atoms with Crippen molar-refractivity contribution in [2.24, 2.45) is 0 Å². The first kappa shape index (κ1) is 16.1. The summed E-state index contributed by atoms with van der Waals surface area (Å²) < 4.78 is 36.9. The van der Waals surface area contributed by atoms with Crippen LogP contribution in [0.5, 0.6) is 0 Å². The highest BCUT2D eigenvalue weighted by Crippen LogP contribution is 2.21. The number of hydrogen-bond acceptors (Lipinski definition) is 2. The molecule has 20 heavy (non-hydrogen) atoms. The zero-order valence-corrected chi connectivity index (χ0v) is 10.6. The van der Waals surface area contributed by atoms with Gasteiger partial charge in [0.05, 0.1) is 0 Å². The number of nitrogens with one attached hydrogen (secondary N) is 1.